The van der Waals surface area contributed by atoms with Crippen molar-refractivity contribution in [3.63, 3.8) is 0 Å². The highest BCUT2D eigenvalue weighted by molar-refractivity contribution is 5.95. The minimum absolute atomic E-state index is 0.102. The molecule has 0 spiro atoms. The van der Waals surface area contributed by atoms with E-state index in [1.165, 1.54) is 11.0 Å². The highest BCUT2D eigenvalue weighted by atomic mass is 19.1. The zero-order chi connectivity index (χ0) is 18.0. The molecule has 0 radical (unpaired) electrons. The molecule has 0 aliphatic carbocycles. The molecule has 1 unspecified atom stereocenters. The van der Waals surface area contributed by atoms with Crippen LogP contribution in [0.15, 0.2) is 36.7 Å². The highest BCUT2D eigenvalue weighted by Crippen LogP contribution is 2.29. The van der Waals surface area contributed by atoms with Gasteiger partial charge in [0, 0.05) is 31.5 Å². The number of hydrogen-bond acceptors (Lipinski definition) is 3. The van der Waals surface area contributed by atoms with Crippen LogP contribution in [-0.4, -0.2) is 28.9 Å². The maximum atomic E-state index is 14.3. The van der Waals surface area contributed by atoms with Crippen molar-refractivity contribution in [1.29, 1.82) is 0 Å². The van der Waals surface area contributed by atoms with E-state index in [0.29, 0.717) is 18.5 Å². The van der Waals surface area contributed by atoms with E-state index >= 15 is 0 Å². The lowest BCUT2D eigenvalue weighted by molar-refractivity contribution is -0.116. The van der Waals surface area contributed by atoms with E-state index in [9.17, 15) is 14.0 Å². The minimum atomic E-state index is -0.586. The molecule has 0 bridgehead atoms. The smallest absolute Gasteiger partial charge is 0.322 e. The zero-order valence-electron chi connectivity index (χ0n) is 14.0. The van der Waals surface area contributed by atoms with E-state index in [1.807, 2.05) is 13.0 Å². The number of amides is 3. The zero-order valence-corrected chi connectivity index (χ0v) is 14.0. The lowest BCUT2D eigenvalue weighted by atomic mass is 10.0. The van der Waals surface area contributed by atoms with Crippen molar-refractivity contribution in [2.75, 3.05) is 17.7 Å². The number of fused-ring (bicyclic) bond motifs is 1. The number of aryl methyl sites for hydroxylation is 1. The Morgan fingerprint density at radius 1 is 1.40 bits per heavy atom. The molecule has 1 atom stereocenters. The van der Waals surface area contributed by atoms with E-state index in [-0.39, 0.29) is 17.6 Å². The minimum Gasteiger partial charge on any atom is -0.326 e. The van der Waals surface area contributed by atoms with Gasteiger partial charge in [0.05, 0.1) is 11.7 Å². The number of urea groups is 1. The molecule has 1 aromatic heterocycles. The topological polar surface area (TPSA) is 74.3 Å². The second kappa shape index (κ2) is 6.88. The number of rotatable bonds is 3. The van der Waals surface area contributed by atoms with Gasteiger partial charge in [0.25, 0.3) is 0 Å². The number of carbonyl (C=O) groups excluding carboxylic acids is 2. The average molecular weight is 342 g/mol. The Kier molecular flexibility index (Phi) is 4.65. The predicted octanol–water partition coefficient (Wildman–Crippen LogP) is 3.33. The van der Waals surface area contributed by atoms with Crippen LogP contribution in [0.1, 0.15) is 30.5 Å². The number of hydrogen-bond donors (Lipinski definition) is 2. The van der Waals surface area contributed by atoms with Crippen LogP contribution in [0.5, 0.6) is 0 Å². The van der Waals surface area contributed by atoms with Gasteiger partial charge in [0.15, 0.2) is 0 Å². The van der Waals surface area contributed by atoms with E-state index < -0.39 is 11.8 Å². The van der Waals surface area contributed by atoms with Crippen molar-refractivity contribution >= 4 is 23.3 Å². The first-order chi connectivity index (χ1) is 12.0. The molecule has 0 fully saturated rings. The first-order valence-corrected chi connectivity index (χ1v) is 8.01. The van der Waals surface area contributed by atoms with E-state index in [2.05, 4.69) is 15.6 Å². The van der Waals surface area contributed by atoms with Crippen molar-refractivity contribution in [3.05, 3.63) is 53.6 Å². The molecule has 25 heavy (non-hydrogen) atoms. The molecule has 2 heterocycles. The van der Waals surface area contributed by atoms with Crippen LogP contribution >= 0.6 is 0 Å². The summed E-state index contributed by atoms with van der Waals surface area (Å²) in [5.74, 6) is -0.717. The molecule has 0 saturated carbocycles. The van der Waals surface area contributed by atoms with Crippen molar-refractivity contribution in [2.24, 2.45) is 0 Å². The van der Waals surface area contributed by atoms with Gasteiger partial charge in [0.2, 0.25) is 5.91 Å². The predicted molar refractivity (Wildman–Crippen MR) is 92.8 cm³/mol. The first kappa shape index (κ1) is 16.9. The molecule has 2 aromatic rings. The SMILES string of the molecule is CC(c1cccnc1)N(C)C(=O)Nc1cc2c(cc1F)NC(=O)CC2. The van der Waals surface area contributed by atoms with Gasteiger partial charge >= 0.3 is 6.03 Å². The van der Waals surface area contributed by atoms with Crippen molar-refractivity contribution in [1.82, 2.24) is 9.88 Å². The molecule has 1 aliphatic heterocycles. The quantitative estimate of drug-likeness (QED) is 0.898. The number of halogens is 1. The molecule has 3 amide bonds. The fourth-order valence-corrected chi connectivity index (χ4v) is 2.72. The van der Waals surface area contributed by atoms with Gasteiger partial charge < -0.3 is 15.5 Å². The summed E-state index contributed by atoms with van der Waals surface area (Å²) < 4.78 is 14.3. The first-order valence-electron chi connectivity index (χ1n) is 8.01. The summed E-state index contributed by atoms with van der Waals surface area (Å²) in [7, 11) is 1.64. The van der Waals surface area contributed by atoms with Crippen molar-refractivity contribution in [3.8, 4) is 0 Å². The van der Waals surface area contributed by atoms with E-state index in [1.54, 1.807) is 31.6 Å². The number of benzene rings is 1. The molecule has 7 heteroatoms. The van der Waals surface area contributed by atoms with Gasteiger partial charge in [-0.05, 0) is 42.7 Å². The summed E-state index contributed by atoms with van der Waals surface area (Å²) in [6.45, 7) is 1.87. The summed E-state index contributed by atoms with van der Waals surface area (Å²) in [5, 5.41) is 5.24. The Morgan fingerprint density at radius 3 is 2.92 bits per heavy atom. The number of nitrogens with one attached hydrogen (secondary N) is 2. The fourth-order valence-electron chi connectivity index (χ4n) is 2.72. The van der Waals surface area contributed by atoms with Crippen molar-refractivity contribution < 1.29 is 14.0 Å². The summed E-state index contributed by atoms with van der Waals surface area (Å²) >= 11 is 0. The number of pyridine rings is 1. The average Bonchev–Trinajstić information content (AvgIpc) is 2.62. The van der Waals surface area contributed by atoms with Gasteiger partial charge in [0.1, 0.15) is 5.82 Å². The molecule has 0 saturated heterocycles. The monoisotopic (exact) mass is 342 g/mol. The number of anilines is 2. The second-order valence-corrected chi connectivity index (χ2v) is 6.04. The van der Waals surface area contributed by atoms with Crippen LogP contribution in [0.4, 0.5) is 20.6 Å². The van der Waals surface area contributed by atoms with Gasteiger partial charge in [-0.25, -0.2) is 9.18 Å². The second-order valence-electron chi connectivity index (χ2n) is 6.04. The molecule has 130 valence electrons. The maximum absolute atomic E-state index is 14.3. The Morgan fingerprint density at radius 2 is 2.20 bits per heavy atom. The van der Waals surface area contributed by atoms with Crippen molar-refractivity contribution in [2.45, 2.75) is 25.8 Å². The van der Waals surface area contributed by atoms with Crippen LogP contribution in [0, 0.1) is 5.82 Å². The summed E-state index contributed by atoms with van der Waals surface area (Å²) in [6, 6.07) is 5.86. The third-order valence-corrected chi connectivity index (χ3v) is 4.40. The van der Waals surface area contributed by atoms with Crippen LogP contribution in [0.25, 0.3) is 0 Å². The van der Waals surface area contributed by atoms with Crippen LogP contribution in [-0.2, 0) is 11.2 Å². The number of carbonyl (C=O) groups is 2. The third-order valence-electron chi connectivity index (χ3n) is 4.40. The van der Waals surface area contributed by atoms with Crippen LogP contribution < -0.4 is 10.6 Å². The maximum Gasteiger partial charge on any atom is 0.322 e. The lowest BCUT2D eigenvalue weighted by Crippen LogP contribution is -2.34. The molecule has 3 rings (SSSR count). The molecule has 1 aliphatic rings. The van der Waals surface area contributed by atoms with Crippen LogP contribution in [0.2, 0.25) is 0 Å². The lowest BCUT2D eigenvalue weighted by Gasteiger charge is -2.26. The summed E-state index contributed by atoms with van der Waals surface area (Å²) in [4.78, 5) is 29.4. The fraction of sp³-hybridized carbons (Fsp3) is 0.278. The third kappa shape index (κ3) is 3.60. The largest absolute Gasteiger partial charge is 0.326 e. The molecule has 1 aromatic carbocycles. The normalized spacial score (nSPS) is 14.3. The van der Waals surface area contributed by atoms with Gasteiger partial charge in [-0.1, -0.05) is 6.07 Å². The Bertz CT molecular complexity index is 810. The Hall–Kier alpha value is -2.96. The Balaban J connectivity index is 1.75. The molecular formula is C18H19FN4O2. The molecular weight excluding hydrogens is 323 g/mol. The van der Waals surface area contributed by atoms with Gasteiger partial charge in [-0.2, -0.15) is 0 Å². The van der Waals surface area contributed by atoms with E-state index in [0.717, 1.165) is 11.1 Å². The van der Waals surface area contributed by atoms with Crippen LogP contribution in [0.3, 0.4) is 0 Å². The Labute approximate surface area is 145 Å². The highest BCUT2D eigenvalue weighted by Gasteiger charge is 2.21. The van der Waals surface area contributed by atoms with Gasteiger partial charge in [-0.15, -0.1) is 0 Å². The summed E-state index contributed by atoms with van der Waals surface area (Å²) in [6.07, 6.45) is 4.23. The standard InChI is InChI=1S/C18H19FN4O2/c1-11(13-4-3-7-20-10-13)23(2)18(25)22-16-8-12-5-6-17(24)21-15(12)9-14(16)19/h3-4,7-11H,5-6H2,1-2H3,(H,21,24)(H,22,25). The summed E-state index contributed by atoms with van der Waals surface area (Å²) in [5.41, 5.74) is 2.25. The van der Waals surface area contributed by atoms with E-state index in [4.69, 9.17) is 0 Å². The van der Waals surface area contributed by atoms with Gasteiger partial charge in [-0.3, -0.25) is 9.78 Å². The number of aromatic nitrogens is 1. The molecule has 2 N–H and O–H groups in total. The number of nitrogens with zero attached hydrogens (tertiary/aromatic N) is 2. The molecule has 6 nitrogen and oxygen atoms in total.